The summed E-state index contributed by atoms with van der Waals surface area (Å²) in [4.78, 5) is 24.0. The van der Waals surface area contributed by atoms with Crippen LogP contribution in [0.3, 0.4) is 0 Å². The number of hydrogen-bond donors (Lipinski definition) is 3. The number of carbonyl (C=O) groups excluding carboxylic acids is 1. The van der Waals surface area contributed by atoms with Crippen molar-refractivity contribution in [3.63, 3.8) is 0 Å². The van der Waals surface area contributed by atoms with Crippen LogP contribution in [0.25, 0.3) is 0 Å². The summed E-state index contributed by atoms with van der Waals surface area (Å²) < 4.78 is 0. The van der Waals surface area contributed by atoms with Gasteiger partial charge in [0.2, 0.25) is 5.91 Å². The molecule has 2 aliphatic rings. The van der Waals surface area contributed by atoms with Crippen molar-refractivity contribution in [2.75, 3.05) is 32.7 Å². The molecule has 19 heavy (non-hydrogen) atoms. The van der Waals surface area contributed by atoms with Gasteiger partial charge in [0.05, 0.1) is 6.54 Å². The molecule has 0 aromatic carbocycles. The molecule has 0 aromatic rings. The molecule has 1 amide bonds. The fraction of sp³-hybridized carbons (Fsp3) is 0.846. The Morgan fingerprint density at radius 3 is 3.00 bits per heavy atom. The summed E-state index contributed by atoms with van der Waals surface area (Å²) in [6, 6.07) is 0.304. The first-order valence-corrected chi connectivity index (χ1v) is 7.07. The molecule has 0 aromatic heterocycles. The number of carboxylic acids is 1. The van der Waals surface area contributed by atoms with Gasteiger partial charge in [-0.3, -0.25) is 9.59 Å². The first-order valence-electron chi connectivity index (χ1n) is 7.07. The first-order chi connectivity index (χ1) is 9.13. The van der Waals surface area contributed by atoms with E-state index in [9.17, 15) is 9.59 Å². The zero-order valence-electron chi connectivity index (χ0n) is 11.2. The van der Waals surface area contributed by atoms with Gasteiger partial charge in [0.15, 0.2) is 0 Å². The molecule has 108 valence electrons. The van der Waals surface area contributed by atoms with Gasteiger partial charge in [-0.25, -0.2) is 0 Å². The maximum atomic E-state index is 11.2. The minimum Gasteiger partial charge on any atom is -0.480 e. The Kier molecular flexibility index (Phi) is 5.15. The smallest absolute Gasteiger partial charge is 0.317 e. The minimum atomic E-state index is -0.804. The lowest BCUT2D eigenvalue weighted by molar-refractivity contribution is -0.136. The van der Waals surface area contributed by atoms with Gasteiger partial charge in [-0.2, -0.15) is 0 Å². The lowest BCUT2D eigenvalue weighted by atomic mass is 9.97. The van der Waals surface area contributed by atoms with Gasteiger partial charge in [0.25, 0.3) is 0 Å². The van der Waals surface area contributed by atoms with Crippen molar-refractivity contribution in [3.8, 4) is 0 Å². The van der Waals surface area contributed by atoms with Gasteiger partial charge in [-0.05, 0) is 38.3 Å². The number of nitrogens with zero attached hydrogens (tertiary/aromatic N) is 1. The molecular weight excluding hydrogens is 246 g/mol. The summed E-state index contributed by atoms with van der Waals surface area (Å²) in [6.07, 6.45) is 3.90. The molecule has 2 rings (SSSR count). The number of rotatable bonds is 6. The monoisotopic (exact) mass is 269 g/mol. The van der Waals surface area contributed by atoms with E-state index >= 15 is 0 Å². The Labute approximate surface area is 113 Å². The van der Waals surface area contributed by atoms with E-state index in [1.165, 1.54) is 0 Å². The Balaban J connectivity index is 1.68. The molecule has 3 N–H and O–H groups in total. The van der Waals surface area contributed by atoms with E-state index in [2.05, 4.69) is 15.5 Å². The summed E-state index contributed by atoms with van der Waals surface area (Å²) in [7, 11) is 0. The average Bonchev–Trinajstić information content (AvgIpc) is 2.75. The molecule has 0 aliphatic carbocycles. The number of carbonyl (C=O) groups is 2. The fourth-order valence-corrected chi connectivity index (χ4v) is 2.99. The molecule has 2 aliphatic heterocycles. The summed E-state index contributed by atoms with van der Waals surface area (Å²) in [5.41, 5.74) is 0. The van der Waals surface area contributed by atoms with Crippen LogP contribution in [0.5, 0.6) is 0 Å². The van der Waals surface area contributed by atoms with Crippen LogP contribution in [0.15, 0.2) is 0 Å². The van der Waals surface area contributed by atoms with Crippen LogP contribution >= 0.6 is 0 Å². The number of piperidine rings is 1. The molecule has 0 saturated carbocycles. The second-order valence-corrected chi connectivity index (χ2v) is 5.60. The van der Waals surface area contributed by atoms with Gasteiger partial charge >= 0.3 is 5.97 Å². The third-order valence-electron chi connectivity index (χ3n) is 3.88. The maximum Gasteiger partial charge on any atom is 0.317 e. The van der Waals surface area contributed by atoms with Crippen LogP contribution in [0.2, 0.25) is 0 Å². The van der Waals surface area contributed by atoms with E-state index in [1.54, 1.807) is 0 Å². The van der Waals surface area contributed by atoms with E-state index in [0.717, 1.165) is 45.4 Å². The number of amides is 1. The van der Waals surface area contributed by atoms with Crippen LogP contribution in [0.1, 0.15) is 25.7 Å². The van der Waals surface area contributed by atoms with Crippen molar-refractivity contribution in [1.29, 1.82) is 0 Å². The molecule has 6 heteroatoms. The number of carboxylic acid groups (broad SMARTS) is 1. The van der Waals surface area contributed by atoms with E-state index in [1.807, 2.05) is 0 Å². The highest BCUT2D eigenvalue weighted by molar-refractivity contribution is 5.78. The van der Waals surface area contributed by atoms with E-state index in [4.69, 9.17) is 5.11 Å². The van der Waals surface area contributed by atoms with Crippen LogP contribution in [0.4, 0.5) is 0 Å². The molecule has 2 atom stereocenters. The molecule has 2 saturated heterocycles. The lowest BCUT2D eigenvalue weighted by Crippen LogP contribution is -2.45. The molecule has 2 fully saturated rings. The van der Waals surface area contributed by atoms with Crippen molar-refractivity contribution < 1.29 is 14.7 Å². The Morgan fingerprint density at radius 2 is 2.32 bits per heavy atom. The molecule has 0 radical (unpaired) electrons. The van der Waals surface area contributed by atoms with Gasteiger partial charge < -0.3 is 20.6 Å². The van der Waals surface area contributed by atoms with Crippen molar-refractivity contribution in [2.24, 2.45) is 5.92 Å². The predicted octanol–water partition coefficient (Wildman–Crippen LogP) is -0.349. The van der Waals surface area contributed by atoms with Gasteiger partial charge in [0, 0.05) is 25.6 Å². The molecule has 6 nitrogen and oxygen atoms in total. The normalized spacial score (nSPS) is 28.3. The van der Waals surface area contributed by atoms with Crippen LogP contribution < -0.4 is 10.6 Å². The van der Waals surface area contributed by atoms with E-state index < -0.39 is 5.97 Å². The van der Waals surface area contributed by atoms with Crippen molar-refractivity contribution in [3.05, 3.63) is 0 Å². The zero-order chi connectivity index (χ0) is 13.7. The highest BCUT2D eigenvalue weighted by Gasteiger charge is 2.26. The number of likely N-dealkylation sites (tertiary alicyclic amines) is 1. The van der Waals surface area contributed by atoms with Crippen LogP contribution in [0, 0.1) is 5.92 Å². The van der Waals surface area contributed by atoms with Gasteiger partial charge in [0.1, 0.15) is 0 Å². The topological polar surface area (TPSA) is 81.7 Å². The van der Waals surface area contributed by atoms with Crippen molar-refractivity contribution >= 4 is 11.9 Å². The molecule has 0 bridgehead atoms. The second kappa shape index (κ2) is 6.86. The maximum absolute atomic E-state index is 11.2. The summed E-state index contributed by atoms with van der Waals surface area (Å²) >= 11 is 0. The number of hydrogen-bond acceptors (Lipinski definition) is 4. The molecular formula is C13H23N3O3. The third kappa shape index (κ3) is 4.80. The predicted molar refractivity (Wildman–Crippen MR) is 70.8 cm³/mol. The van der Waals surface area contributed by atoms with Crippen LogP contribution in [-0.2, 0) is 9.59 Å². The molecule has 2 heterocycles. The Morgan fingerprint density at radius 1 is 1.47 bits per heavy atom. The lowest BCUT2D eigenvalue weighted by Gasteiger charge is -2.34. The third-order valence-corrected chi connectivity index (χ3v) is 3.88. The standard InChI is InChI=1S/C13H23N3O3/c17-12-4-3-11(15-12)9-16-5-1-2-10(8-16)6-14-7-13(18)19/h10-11,14H,1-9H2,(H,15,17)(H,18,19). The average molecular weight is 269 g/mol. The Bertz CT molecular complexity index is 335. The highest BCUT2D eigenvalue weighted by Crippen LogP contribution is 2.17. The summed E-state index contributed by atoms with van der Waals surface area (Å²) in [6.45, 7) is 3.82. The SMILES string of the molecule is O=C(O)CNCC1CCCN(CC2CCC(=O)N2)C1. The highest BCUT2D eigenvalue weighted by atomic mass is 16.4. The fourth-order valence-electron chi connectivity index (χ4n) is 2.99. The summed E-state index contributed by atoms with van der Waals surface area (Å²) in [5.74, 6) is -0.117. The number of nitrogens with one attached hydrogen (secondary N) is 2. The van der Waals surface area contributed by atoms with Crippen molar-refractivity contribution in [2.45, 2.75) is 31.7 Å². The minimum absolute atomic E-state index is 0.0369. The Hall–Kier alpha value is -1.14. The van der Waals surface area contributed by atoms with Gasteiger partial charge in [-0.15, -0.1) is 0 Å². The first kappa shape index (κ1) is 14.3. The van der Waals surface area contributed by atoms with Crippen molar-refractivity contribution in [1.82, 2.24) is 15.5 Å². The largest absolute Gasteiger partial charge is 0.480 e. The van der Waals surface area contributed by atoms with E-state index in [0.29, 0.717) is 18.4 Å². The zero-order valence-corrected chi connectivity index (χ0v) is 11.2. The summed E-state index contributed by atoms with van der Waals surface area (Å²) in [5, 5.41) is 14.6. The quantitative estimate of drug-likeness (QED) is 0.614. The van der Waals surface area contributed by atoms with Crippen LogP contribution in [-0.4, -0.2) is 60.6 Å². The number of aliphatic carboxylic acids is 1. The molecule has 0 spiro atoms. The van der Waals surface area contributed by atoms with E-state index in [-0.39, 0.29) is 12.5 Å². The van der Waals surface area contributed by atoms with Gasteiger partial charge in [-0.1, -0.05) is 0 Å². The second-order valence-electron chi connectivity index (χ2n) is 5.60. The molecule has 2 unspecified atom stereocenters.